The summed E-state index contributed by atoms with van der Waals surface area (Å²) >= 11 is 0. The van der Waals surface area contributed by atoms with E-state index < -0.39 is 10.0 Å². The normalized spacial score (nSPS) is 18.5. The van der Waals surface area contributed by atoms with Gasteiger partial charge in [0.1, 0.15) is 11.5 Å². The molecule has 0 spiro atoms. The third kappa shape index (κ3) is 3.44. The maximum atomic E-state index is 13.3. The van der Waals surface area contributed by atoms with E-state index in [0.29, 0.717) is 22.9 Å². The molecule has 1 aliphatic rings. The van der Waals surface area contributed by atoms with Gasteiger partial charge in [-0.15, -0.1) is 0 Å². The molecule has 0 bridgehead atoms. The van der Waals surface area contributed by atoms with Crippen molar-refractivity contribution in [3.05, 3.63) is 53.6 Å². The molecule has 0 N–H and O–H groups in total. The lowest BCUT2D eigenvalue weighted by Gasteiger charge is -2.36. The van der Waals surface area contributed by atoms with Gasteiger partial charge < -0.3 is 9.47 Å². The SMILES string of the molecule is COc1cccc(OC)c1[C@@H]1CCCCN1S(=O)(=O)c1ccc(C)cc1. The highest BCUT2D eigenvalue weighted by Crippen LogP contribution is 2.43. The second-order valence-corrected chi connectivity index (χ2v) is 8.41. The van der Waals surface area contributed by atoms with Gasteiger partial charge in [0.25, 0.3) is 0 Å². The number of rotatable bonds is 5. The zero-order chi connectivity index (χ0) is 18.7. The third-order valence-electron chi connectivity index (χ3n) is 4.88. The first-order valence-electron chi connectivity index (χ1n) is 8.78. The van der Waals surface area contributed by atoms with E-state index in [2.05, 4.69) is 0 Å². The predicted octanol–water partition coefficient (Wildman–Crippen LogP) is 3.93. The lowest BCUT2D eigenvalue weighted by molar-refractivity contribution is 0.243. The molecule has 0 amide bonds. The van der Waals surface area contributed by atoms with Crippen LogP contribution in [0.3, 0.4) is 0 Å². The molecule has 1 fully saturated rings. The van der Waals surface area contributed by atoms with Gasteiger partial charge >= 0.3 is 0 Å². The van der Waals surface area contributed by atoms with Crippen LogP contribution in [0.25, 0.3) is 0 Å². The van der Waals surface area contributed by atoms with Gasteiger partial charge in [0.2, 0.25) is 10.0 Å². The number of nitrogens with zero attached hydrogens (tertiary/aromatic N) is 1. The Morgan fingerprint density at radius 2 is 1.58 bits per heavy atom. The molecule has 26 heavy (non-hydrogen) atoms. The lowest BCUT2D eigenvalue weighted by Crippen LogP contribution is -2.38. The molecule has 0 unspecified atom stereocenters. The summed E-state index contributed by atoms with van der Waals surface area (Å²) in [5.41, 5.74) is 1.83. The van der Waals surface area contributed by atoms with Crippen LogP contribution in [0.15, 0.2) is 47.4 Å². The summed E-state index contributed by atoms with van der Waals surface area (Å²) in [6.45, 7) is 2.43. The number of aryl methyl sites for hydroxylation is 1. The van der Waals surface area contributed by atoms with Crippen molar-refractivity contribution in [1.82, 2.24) is 4.31 Å². The summed E-state index contributed by atoms with van der Waals surface area (Å²) in [5, 5.41) is 0. The Morgan fingerprint density at radius 1 is 0.962 bits per heavy atom. The van der Waals surface area contributed by atoms with Crippen LogP contribution in [0.1, 0.15) is 36.4 Å². The molecule has 1 atom stereocenters. The number of sulfonamides is 1. The van der Waals surface area contributed by atoms with Crippen LogP contribution in [0.4, 0.5) is 0 Å². The highest BCUT2D eigenvalue weighted by Gasteiger charge is 2.37. The molecule has 0 radical (unpaired) electrons. The van der Waals surface area contributed by atoms with Crippen LogP contribution in [0.5, 0.6) is 11.5 Å². The molecular weight excluding hydrogens is 350 g/mol. The number of methoxy groups -OCH3 is 2. The Morgan fingerprint density at radius 3 is 2.15 bits per heavy atom. The van der Waals surface area contributed by atoms with Gasteiger partial charge in [-0.05, 0) is 44.0 Å². The smallest absolute Gasteiger partial charge is 0.243 e. The van der Waals surface area contributed by atoms with Gasteiger partial charge in [-0.25, -0.2) is 8.42 Å². The largest absolute Gasteiger partial charge is 0.496 e. The molecular formula is C20H25NO4S. The van der Waals surface area contributed by atoms with E-state index in [1.54, 1.807) is 30.7 Å². The maximum Gasteiger partial charge on any atom is 0.243 e. The van der Waals surface area contributed by atoms with Crippen molar-refractivity contribution < 1.29 is 17.9 Å². The number of ether oxygens (including phenoxy) is 2. The minimum atomic E-state index is -3.60. The maximum absolute atomic E-state index is 13.3. The highest BCUT2D eigenvalue weighted by atomic mass is 32.2. The van der Waals surface area contributed by atoms with Crippen molar-refractivity contribution in [3.63, 3.8) is 0 Å². The van der Waals surface area contributed by atoms with Gasteiger partial charge in [0, 0.05) is 6.54 Å². The van der Waals surface area contributed by atoms with Crippen LogP contribution in [-0.4, -0.2) is 33.5 Å². The van der Waals surface area contributed by atoms with Crippen LogP contribution in [-0.2, 0) is 10.0 Å². The molecule has 1 saturated heterocycles. The first kappa shape index (κ1) is 18.7. The summed E-state index contributed by atoms with van der Waals surface area (Å²) in [6.07, 6.45) is 2.55. The van der Waals surface area contributed by atoms with Crippen LogP contribution >= 0.6 is 0 Å². The van der Waals surface area contributed by atoms with E-state index in [9.17, 15) is 8.42 Å². The van der Waals surface area contributed by atoms with Crippen molar-refractivity contribution in [2.24, 2.45) is 0 Å². The minimum absolute atomic E-state index is 0.304. The van der Waals surface area contributed by atoms with Crippen LogP contribution < -0.4 is 9.47 Å². The van der Waals surface area contributed by atoms with E-state index in [1.807, 2.05) is 37.3 Å². The van der Waals surface area contributed by atoms with Gasteiger partial charge in [-0.2, -0.15) is 4.31 Å². The fraction of sp³-hybridized carbons (Fsp3) is 0.400. The Kier molecular flexibility index (Phi) is 5.53. The summed E-state index contributed by atoms with van der Waals surface area (Å²) in [6, 6.07) is 12.3. The second kappa shape index (κ2) is 7.68. The van der Waals surface area contributed by atoms with E-state index in [0.717, 1.165) is 30.4 Å². The zero-order valence-electron chi connectivity index (χ0n) is 15.4. The zero-order valence-corrected chi connectivity index (χ0v) is 16.3. The average molecular weight is 375 g/mol. The van der Waals surface area contributed by atoms with E-state index in [4.69, 9.17) is 9.47 Å². The summed E-state index contributed by atoms with van der Waals surface area (Å²) < 4.78 is 39.3. The number of hydrogen-bond acceptors (Lipinski definition) is 4. The molecule has 5 nitrogen and oxygen atoms in total. The van der Waals surface area contributed by atoms with Gasteiger partial charge in [-0.1, -0.05) is 30.2 Å². The molecule has 2 aromatic carbocycles. The molecule has 0 aromatic heterocycles. The van der Waals surface area contributed by atoms with Crippen molar-refractivity contribution in [1.29, 1.82) is 0 Å². The number of piperidine rings is 1. The Bertz CT molecular complexity index is 840. The molecule has 1 aliphatic heterocycles. The summed E-state index contributed by atoms with van der Waals surface area (Å²) in [7, 11) is -0.410. The monoisotopic (exact) mass is 375 g/mol. The molecule has 1 heterocycles. The standard InChI is InChI=1S/C20H25NO4S/c1-15-10-12-16(13-11-15)26(22,23)21-14-5-4-7-17(21)20-18(24-2)8-6-9-19(20)25-3/h6,8-13,17H,4-5,7,14H2,1-3H3/t17-/m0/s1. The molecule has 0 aliphatic carbocycles. The molecule has 2 aromatic rings. The molecule has 0 saturated carbocycles. The topological polar surface area (TPSA) is 55.8 Å². The first-order chi connectivity index (χ1) is 12.5. The van der Waals surface area contributed by atoms with Crippen molar-refractivity contribution in [3.8, 4) is 11.5 Å². The Hall–Kier alpha value is -2.05. The van der Waals surface area contributed by atoms with E-state index in [1.165, 1.54) is 0 Å². The summed E-state index contributed by atoms with van der Waals surface area (Å²) in [5.74, 6) is 1.31. The van der Waals surface area contributed by atoms with Crippen molar-refractivity contribution in [2.45, 2.75) is 37.1 Å². The number of hydrogen-bond donors (Lipinski definition) is 0. The predicted molar refractivity (Wildman–Crippen MR) is 101 cm³/mol. The van der Waals surface area contributed by atoms with Crippen LogP contribution in [0, 0.1) is 6.92 Å². The van der Waals surface area contributed by atoms with Gasteiger partial charge in [0.15, 0.2) is 0 Å². The first-order valence-corrected chi connectivity index (χ1v) is 10.2. The van der Waals surface area contributed by atoms with Crippen LogP contribution in [0.2, 0.25) is 0 Å². The molecule has 3 rings (SSSR count). The molecule has 140 valence electrons. The number of benzene rings is 2. The lowest BCUT2D eigenvalue weighted by atomic mass is 9.96. The quantitative estimate of drug-likeness (QED) is 0.795. The highest BCUT2D eigenvalue weighted by molar-refractivity contribution is 7.89. The average Bonchev–Trinajstić information content (AvgIpc) is 2.67. The van der Waals surface area contributed by atoms with Gasteiger partial charge in [0.05, 0.1) is 30.7 Å². The second-order valence-electron chi connectivity index (χ2n) is 6.52. The molecule has 6 heteroatoms. The summed E-state index contributed by atoms with van der Waals surface area (Å²) in [4.78, 5) is 0.323. The third-order valence-corrected chi connectivity index (χ3v) is 6.80. The Balaban J connectivity index is 2.08. The Labute approximate surface area is 155 Å². The fourth-order valence-electron chi connectivity index (χ4n) is 3.54. The van der Waals surface area contributed by atoms with Gasteiger partial charge in [-0.3, -0.25) is 0 Å². The fourth-order valence-corrected chi connectivity index (χ4v) is 5.20. The minimum Gasteiger partial charge on any atom is -0.496 e. The van der Waals surface area contributed by atoms with Crippen molar-refractivity contribution >= 4 is 10.0 Å². The van der Waals surface area contributed by atoms with Crippen molar-refractivity contribution in [2.75, 3.05) is 20.8 Å². The van der Waals surface area contributed by atoms with E-state index >= 15 is 0 Å². The van der Waals surface area contributed by atoms with E-state index in [-0.39, 0.29) is 6.04 Å².